The molecule has 1 saturated heterocycles. The Morgan fingerprint density at radius 3 is 2.59 bits per heavy atom. The van der Waals surface area contributed by atoms with Crippen LogP contribution in [0.4, 0.5) is 4.79 Å². The zero-order valence-electron chi connectivity index (χ0n) is 8.40. The van der Waals surface area contributed by atoms with Crippen LogP contribution in [0.1, 0.15) is 0 Å². The summed E-state index contributed by atoms with van der Waals surface area (Å²) in [5.74, 6) is 0. The van der Waals surface area contributed by atoms with E-state index in [-0.39, 0.29) is 6.54 Å². The van der Waals surface area contributed by atoms with Gasteiger partial charge in [-0.3, -0.25) is 0 Å². The molecule has 0 aliphatic carbocycles. The van der Waals surface area contributed by atoms with E-state index in [4.69, 9.17) is 34.8 Å². The second-order valence-corrected chi connectivity index (χ2v) is 7.21. The highest BCUT2D eigenvalue weighted by Gasteiger charge is 2.38. The van der Waals surface area contributed by atoms with E-state index in [1.54, 1.807) is 0 Å². The summed E-state index contributed by atoms with van der Waals surface area (Å²) in [6, 6.07) is -1.27. The van der Waals surface area contributed by atoms with Crippen LogP contribution in [0.2, 0.25) is 0 Å². The molecular weight excluding hydrogens is 315 g/mol. The Morgan fingerprint density at radius 1 is 1.59 bits per heavy atom. The number of alkyl halides is 3. The predicted octanol–water partition coefficient (Wildman–Crippen LogP) is 1.20. The molecule has 0 saturated carbocycles. The second-order valence-electron chi connectivity index (χ2n) is 3.16. The van der Waals surface area contributed by atoms with Gasteiger partial charge >= 0.3 is 16.3 Å². The molecule has 0 radical (unpaired) electrons. The van der Waals surface area contributed by atoms with Crippen LogP contribution in [-0.4, -0.2) is 41.7 Å². The van der Waals surface area contributed by atoms with Gasteiger partial charge < -0.3 is 5.32 Å². The maximum atomic E-state index is 11.6. The van der Waals surface area contributed by atoms with Gasteiger partial charge in [0.2, 0.25) is 3.79 Å². The summed E-state index contributed by atoms with van der Waals surface area (Å²) in [6.07, 6.45) is 1.41. The zero-order valence-corrected chi connectivity index (χ0v) is 11.5. The van der Waals surface area contributed by atoms with E-state index >= 15 is 0 Å². The summed E-state index contributed by atoms with van der Waals surface area (Å²) in [6.45, 7) is 2.65. The molecule has 0 spiro atoms. The lowest BCUT2D eigenvalue weighted by Crippen LogP contribution is -2.36. The van der Waals surface area contributed by atoms with Crippen LogP contribution < -0.4 is 5.32 Å². The van der Waals surface area contributed by atoms with Crippen LogP contribution >= 0.6 is 34.8 Å². The summed E-state index contributed by atoms with van der Waals surface area (Å²) < 4.78 is 26.3. The first kappa shape index (κ1) is 14.8. The molecule has 1 N–H and O–H groups in total. The quantitative estimate of drug-likeness (QED) is 0.623. The van der Waals surface area contributed by atoms with Gasteiger partial charge in [-0.2, -0.15) is 12.7 Å². The summed E-state index contributed by atoms with van der Waals surface area (Å²) in [5, 5.41) is 2.37. The minimum absolute atomic E-state index is 0.107. The van der Waals surface area contributed by atoms with Gasteiger partial charge in [-0.15, -0.1) is 6.58 Å². The maximum Gasteiger partial charge on any atom is 0.366 e. The third kappa shape index (κ3) is 4.18. The molecular formula is C7H9Cl3N2O4S. The van der Waals surface area contributed by atoms with Gasteiger partial charge in [0, 0.05) is 0 Å². The Labute approximate surface area is 114 Å². The number of halogens is 3. The molecule has 1 aliphatic heterocycles. The molecule has 1 aliphatic rings. The van der Waals surface area contributed by atoms with E-state index in [9.17, 15) is 13.2 Å². The molecule has 10 heteroatoms. The lowest BCUT2D eigenvalue weighted by atomic mass is 10.3. The van der Waals surface area contributed by atoms with Crippen LogP contribution in [0.3, 0.4) is 0 Å². The SMILES string of the molecule is C=CC1CN(S(=O)(=O)OCC(Cl)(Cl)Cl)C(=O)N1. The van der Waals surface area contributed by atoms with E-state index in [1.165, 1.54) is 6.08 Å². The number of urea groups is 1. The van der Waals surface area contributed by atoms with Crippen molar-refractivity contribution in [1.82, 2.24) is 9.62 Å². The highest BCUT2D eigenvalue weighted by Crippen LogP contribution is 2.27. The lowest BCUT2D eigenvalue weighted by Gasteiger charge is -2.16. The molecule has 6 nitrogen and oxygen atoms in total. The number of amides is 2. The van der Waals surface area contributed by atoms with Gasteiger partial charge in [0.25, 0.3) is 0 Å². The average molecular weight is 324 g/mol. The van der Waals surface area contributed by atoms with Crippen molar-refractivity contribution in [2.24, 2.45) is 0 Å². The Hall–Kier alpha value is -0.210. The maximum absolute atomic E-state index is 11.6. The van der Waals surface area contributed by atoms with Gasteiger partial charge in [0.05, 0.1) is 12.6 Å². The molecule has 0 aromatic carbocycles. The summed E-state index contributed by atoms with van der Waals surface area (Å²) in [4.78, 5) is 11.3. The number of hydrogen-bond donors (Lipinski definition) is 1. The standard InChI is InChI=1S/C7H9Cl3N2O4S/c1-2-5-3-12(6(13)11-5)17(14,15)16-4-7(8,9)10/h2,5H,1,3-4H2,(H,11,13). The first-order valence-corrected chi connectivity index (χ1v) is 6.82. The molecule has 98 valence electrons. The minimum Gasteiger partial charge on any atom is -0.329 e. The predicted molar refractivity (Wildman–Crippen MR) is 64.4 cm³/mol. The Balaban J connectivity index is 2.72. The van der Waals surface area contributed by atoms with Crippen molar-refractivity contribution in [2.45, 2.75) is 9.83 Å². The van der Waals surface area contributed by atoms with Crippen molar-refractivity contribution in [2.75, 3.05) is 13.2 Å². The van der Waals surface area contributed by atoms with Gasteiger partial charge in [0.1, 0.15) is 6.61 Å². The molecule has 1 fully saturated rings. The summed E-state index contributed by atoms with van der Waals surface area (Å²) in [7, 11) is -4.27. The molecule has 2 amide bonds. The molecule has 1 unspecified atom stereocenters. The van der Waals surface area contributed by atoms with Crippen LogP contribution in [0.25, 0.3) is 0 Å². The highest BCUT2D eigenvalue weighted by molar-refractivity contribution is 7.84. The number of rotatable bonds is 4. The topological polar surface area (TPSA) is 75.7 Å². The van der Waals surface area contributed by atoms with Gasteiger partial charge in [-0.05, 0) is 0 Å². The minimum atomic E-state index is -4.27. The second kappa shape index (κ2) is 5.19. The number of carbonyl (C=O) groups is 1. The largest absolute Gasteiger partial charge is 0.366 e. The third-order valence-corrected chi connectivity index (χ3v) is 3.42. The Morgan fingerprint density at radius 2 is 2.18 bits per heavy atom. The molecule has 0 aromatic heterocycles. The molecule has 1 atom stereocenters. The van der Waals surface area contributed by atoms with Crippen molar-refractivity contribution < 1.29 is 17.4 Å². The van der Waals surface area contributed by atoms with Crippen LogP contribution in [-0.2, 0) is 14.5 Å². The molecule has 17 heavy (non-hydrogen) atoms. The molecule has 0 aromatic rings. The fraction of sp³-hybridized carbons (Fsp3) is 0.571. The molecule has 1 rings (SSSR count). The summed E-state index contributed by atoms with van der Waals surface area (Å²) in [5.41, 5.74) is 0. The highest BCUT2D eigenvalue weighted by atomic mass is 35.6. The van der Waals surface area contributed by atoms with E-state index in [0.29, 0.717) is 4.31 Å². The Bertz CT molecular complexity index is 419. The number of hydrogen-bond acceptors (Lipinski definition) is 4. The monoisotopic (exact) mass is 322 g/mol. The van der Waals surface area contributed by atoms with Crippen molar-refractivity contribution in [1.29, 1.82) is 0 Å². The van der Waals surface area contributed by atoms with Gasteiger partial charge in [0.15, 0.2) is 0 Å². The first-order chi connectivity index (χ1) is 7.65. The fourth-order valence-corrected chi connectivity index (χ4v) is 2.48. The van der Waals surface area contributed by atoms with Crippen molar-refractivity contribution in [3.05, 3.63) is 12.7 Å². The van der Waals surface area contributed by atoms with E-state index in [2.05, 4.69) is 16.1 Å². The third-order valence-electron chi connectivity index (χ3n) is 1.82. The van der Waals surface area contributed by atoms with Crippen molar-refractivity contribution in [3.8, 4) is 0 Å². The Kier molecular flexibility index (Phi) is 4.54. The number of nitrogens with zero attached hydrogens (tertiary/aromatic N) is 1. The van der Waals surface area contributed by atoms with Crippen molar-refractivity contribution >= 4 is 51.1 Å². The van der Waals surface area contributed by atoms with E-state index in [1.807, 2.05) is 0 Å². The average Bonchev–Trinajstić information content (AvgIpc) is 2.57. The molecule has 1 heterocycles. The molecule has 0 bridgehead atoms. The van der Waals surface area contributed by atoms with Crippen LogP contribution in [0, 0.1) is 0 Å². The van der Waals surface area contributed by atoms with Crippen LogP contribution in [0.5, 0.6) is 0 Å². The van der Waals surface area contributed by atoms with E-state index < -0.39 is 32.8 Å². The number of nitrogens with one attached hydrogen (secondary N) is 1. The fourth-order valence-electron chi connectivity index (χ4n) is 1.07. The van der Waals surface area contributed by atoms with Crippen molar-refractivity contribution in [3.63, 3.8) is 0 Å². The van der Waals surface area contributed by atoms with Crippen LogP contribution in [0.15, 0.2) is 12.7 Å². The zero-order chi connectivity index (χ0) is 13.3. The summed E-state index contributed by atoms with van der Waals surface area (Å²) >= 11 is 16.0. The smallest absolute Gasteiger partial charge is 0.329 e. The van der Waals surface area contributed by atoms with Gasteiger partial charge in [-0.25, -0.2) is 8.98 Å². The first-order valence-electron chi connectivity index (χ1n) is 4.32. The lowest BCUT2D eigenvalue weighted by molar-refractivity contribution is 0.227. The van der Waals surface area contributed by atoms with Gasteiger partial charge in [-0.1, -0.05) is 40.9 Å². The normalized spacial score (nSPS) is 21.5. The van der Waals surface area contributed by atoms with E-state index in [0.717, 1.165) is 0 Å². The number of carbonyl (C=O) groups excluding carboxylic acids is 1.